The number of methoxy groups -OCH3 is 1. The summed E-state index contributed by atoms with van der Waals surface area (Å²) in [6.45, 7) is 8.05. The average molecular weight is 236 g/mol. The van der Waals surface area contributed by atoms with Gasteiger partial charge >= 0.3 is 0 Å². The van der Waals surface area contributed by atoms with Gasteiger partial charge in [0.15, 0.2) is 0 Å². The van der Waals surface area contributed by atoms with Crippen LogP contribution in [0.4, 0.5) is 11.4 Å². The molecule has 0 aromatic heterocycles. The van der Waals surface area contributed by atoms with Crippen molar-refractivity contribution in [1.82, 2.24) is 0 Å². The molecule has 2 N–H and O–H groups in total. The first kappa shape index (κ1) is 13.8. The van der Waals surface area contributed by atoms with Gasteiger partial charge in [0.2, 0.25) is 0 Å². The Morgan fingerprint density at radius 3 is 2.71 bits per heavy atom. The maximum atomic E-state index is 6.17. The zero-order valence-corrected chi connectivity index (χ0v) is 11.4. The van der Waals surface area contributed by atoms with E-state index >= 15 is 0 Å². The molecule has 3 nitrogen and oxygen atoms in total. The van der Waals surface area contributed by atoms with Gasteiger partial charge < -0.3 is 15.4 Å². The smallest absolute Gasteiger partial charge is 0.0637 e. The molecule has 96 valence electrons. The maximum Gasteiger partial charge on any atom is 0.0637 e. The van der Waals surface area contributed by atoms with Crippen molar-refractivity contribution in [3.63, 3.8) is 0 Å². The highest BCUT2D eigenvalue weighted by atomic mass is 16.5. The molecule has 0 aliphatic heterocycles. The van der Waals surface area contributed by atoms with Crippen LogP contribution in [0.3, 0.4) is 0 Å². The third-order valence-corrected chi connectivity index (χ3v) is 3.27. The van der Waals surface area contributed by atoms with Crippen molar-refractivity contribution in [2.75, 3.05) is 30.9 Å². The van der Waals surface area contributed by atoms with Crippen molar-refractivity contribution in [2.24, 2.45) is 0 Å². The van der Waals surface area contributed by atoms with E-state index < -0.39 is 0 Å². The first-order valence-corrected chi connectivity index (χ1v) is 6.22. The van der Waals surface area contributed by atoms with Crippen molar-refractivity contribution in [1.29, 1.82) is 0 Å². The molecule has 0 radical (unpaired) electrons. The summed E-state index contributed by atoms with van der Waals surface area (Å²) in [6.07, 6.45) is 1.09. The van der Waals surface area contributed by atoms with Gasteiger partial charge in [-0.1, -0.05) is 19.1 Å². The van der Waals surface area contributed by atoms with Gasteiger partial charge in [-0.05, 0) is 31.9 Å². The van der Waals surface area contributed by atoms with Gasteiger partial charge in [-0.3, -0.25) is 0 Å². The van der Waals surface area contributed by atoms with E-state index in [1.807, 2.05) is 13.0 Å². The molecular formula is C14H24N2O. The summed E-state index contributed by atoms with van der Waals surface area (Å²) >= 11 is 0. The van der Waals surface area contributed by atoms with Gasteiger partial charge in [0.25, 0.3) is 0 Å². The number of para-hydroxylation sites is 1. The fraction of sp³-hybridized carbons (Fsp3) is 0.571. The molecule has 0 bridgehead atoms. The first-order valence-electron chi connectivity index (χ1n) is 6.22. The van der Waals surface area contributed by atoms with Gasteiger partial charge in [-0.2, -0.15) is 0 Å². The number of nitrogens with two attached hydrogens (primary N) is 1. The highest BCUT2D eigenvalue weighted by Gasteiger charge is 2.15. The quantitative estimate of drug-likeness (QED) is 0.772. The summed E-state index contributed by atoms with van der Waals surface area (Å²) < 4.78 is 5.18. The Morgan fingerprint density at radius 1 is 1.41 bits per heavy atom. The highest BCUT2D eigenvalue weighted by molar-refractivity contribution is 5.71. The lowest BCUT2D eigenvalue weighted by Gasteiger charge is -2.32. The van der Waals surface area contributed by atoms with Crippen LogP contribution in [0.1, 0.15) is 25.8 Å². The Morgan fingerprint density at radius 2 is 2.12 bits per heavy atom. The van der Waals surface area contributed by atoms with Crippen LogP contribution in [0, 0.1) is 6.92 Å². The molecule has 0 spiro atoms. The fourth-order valence-electron chi connectivity index (χ4n) is 1.90. The summed E-state index contributed by atoms with van der Waals surface area (Å²) in [5, 5.41) is 0. The van der Waals surface area contributed by atoms with Crippen molar-refractivity contribution in [3.8, 4) is 0 Å². The number of aryl methyl sites for hydroxylation is 1. The van der Waals surface area contributed by atoms with Crippen LogP contribution in [0.2, 0.25) is 0 Å². The molecule has 0 heterocycles. The molecule has 1 rings (SSSR count). The lowest BCUT2D eigenvalue weighted by molar-refractivity contribution is 0.203. The number of anilines is 2. The van der Waals surface area contributed by atoms with Crippen LogP contribution in [-0.4, -0.2) is 26.3 Å². The predicted octanol–water partition coefficient (Wildman–Crippen LogP) is 2.83. The van der Waals surface area contributed by atoms with Crippen LogP contribution >= 0.6 is 0 Å². The molecule has 1 atom stereocenters. The van der Waals surface area contributed by atoms with E-state index in [9.17, 15) is 0 Å². The minimum Gasteiger partial charge on any atom is -0.397 e. The van der Waals surface area contributed by atoms with E-state index in [1.54, 1.807) is 7.11 Å². The van der Waals surface area contributed by atoms with Gasteiger partial charge in [0.05, 0.1) is 18.0 Å². The molecule has 1 aromatic rings. The number of benzene rings is 1. The molecule has 1 unspecified atom stereocenters. The third-order valence-electron chi connectivity index (χ3n) is 3.27. The van der Waals surface area contributed by atoms with Crippen LogP contribution in [0.25, 0.3) is 0 Å². The topological polar surface area (TPSA) is 38.5 Å². The molecule has 17 heavy (non-hydrogen) atoms. The van der Waals surface area contributed by atoms with E-state index in [0.717, 1.165) is 36.5 Å². The molecular weight excluding hydrogens is 212 g/mol. The van der Waals surface area contributed by atoms with Gasteiger partial charge in [-0.25, -0.2) is 0 Å². The molecule has 0 saturated carbocycles. The van der Waals surface area contributed by atoms with Crippen molar-refractivity contribution >= 4 is 11.4 Å². The lowest BCUT2D eigenvalue weighted by atomic mass is 10.1. The summed E-state index contributed by atoms with van der Waals surface area (Å²) in [6, 6.07) is 6.66. The average Bonchev–Trinajstić information content (AvgIpc) is 2.34. The molecule has 0 saturated heterocycles. The molecule has 1 aromatic carbocycles. The lowest BCUT2D eigenvalue weighted by Crippen LogP contribution is -2.36. The van der Waals surface area contributed by atoms with Crippen molar-refractivity contribution in [2.45, 2.75) is 33.2 Å². The Labute approximate surface area is 105 Å². The second kappa shape index (κ2) is 6.50. The third kappa shape index (κ3) is 3.37. The second-order valence-electron chi connectivity index (χ2n) is 4.45. The van der Waals surface area contributed by atoms with Crippen LogP contribution in [-0.2, 0) is 4.74 Å². The highest BCUT2D eigenvalue weighted by Crippen LogP contribution is 2.28. The summed E-state index contributed by atoms with van der Waals surface area (Å²) in [4.78, 5) is 2.33. The molecule has 3 heteroatoms. The Balaban J connectivity index is 2.99. The number of hydrogen-bond acceptors (Lipinski definition) is 3. The maximum absolute atomic E-state index is 6.17. The summed E-state index contributed by atoms with van der Waals surface area (Å²) in [5.41, 5.74) is 9.30. The van der Waals surface area contributed by atoms with E-state index in [2.05, 4.69) is 30.9 Å². The SMILES string of the molecule is CCC(C)N(CCOC)c1cccc(C)c1N. The normalized spacial score (nSPS) is 12.5. The Hall–Kier alpha value is -1.22. The molecule has 0 aliphatic rings. The Bertz CT molecular complexity index is 352. The monoisotopic (exact) mass is 236 g/mol. The zero-order valence-electron chi connectivity index (χ0n) is 11.4. The minimum absolute atomic E-state index is 0.467. The first-order chi connectivity index (χ1) is 8.11. The zero-order chi connectivity index (χ0) is 12.8. The number of hydrogen-bond donors (Lipinski definition) is 1. The number of nitrogen functional groups attached to an aromatic ring is 1. The predicted molar refractivity (Wildman–Crippen MR) is 74.6 cm³/mol. The second-order valence-corrected chi connectivity index (χ2v) is 4.45. The van der Waals surface area contributed by atoms with Crippen molar-refractivity contribution < 1.29 is 4.74 Å². The molecule has 0 fully saturated rings. The minimum atomic E-state index is 0.467. The van der Waals surface area contributed by atoms with Gasteiger partial charge in [0.1, 0.15) is 0 Å². The van der Waals surface area contributed by atoms with E-state index in [1.165, 1.54) is 0 Å². The largest absolute Gasteiger partial charge is 0.397 e. The van der Waals surface area contributed by atoms with Gasteiger partial charge in [-0.15, -0.1) is 0 Å². The Kier molecular flexibility index (Phi) is 5.29. The summed E-state index contributed by atoms with van der Waals surface area (Å²) in [5.74, 6) is 0. The van der Waals surface area contributed by atoms with Crippen molar-refractivity contribution in [3.05, 3.63) is 23.8 Å². The standard InChI is InChI=1S/C14H24N2O/c1-5-12(3)16(9-10-17-4)13-8-6-7-11(2)14(13)15/h6-8,12H,5,9-10,15H2,1-4H3. The number of ether oxygens (including phenoxy) is 1. The van der Waals surface area contributed by atoms with E-state index in [4.69, 9.17) is 10.5 Å². The number of nitrogens with zero attached hydrogens (tertiary/aromatic N) is 1. The molecule has 0 aliphatic carbocycles. The van der Waals surface area contributed by atoms with E-state index in [-0.39, 0.29) is 0 Å². The van der Waals surface area contributed by atoms with E-state index in [0.29, 0.717) is 6.04 Å². The fourth-order valence-corrected chi connectivity index (χ4v) is 1.90. The number of rotatable bonds is 6. The van der Waals surface area contributed by atoms with Crippen LogP contribution < -0.4 is 10.6 Å². The van der Waals surface area contributed by atoms with Gasteiger partial charge in [0, 0.05) is 19.7 Å². The van der Waals surface area contributed by atoms with Crippen LogP contribution in [0.5, 0.6) is 0 Å². The van der Waals surface area contributed by atoms with Crippen LogP contribution in [0.15, 0.2) is 18.2 Å². The summed E-state index contributed by atoms with van der Waals surface area (Å²) in [7, 11) is 1.73. The molecule has 0 amide bonds.